The molecule has 6 heteroatoms. The van der Waals surface area contributed by atoms with E-state index in [1.165, 1.54) is 25.9 Å². The maximum Gasteiger partial charge on any atom is 0.257 e. The number of hydrogen-bond donors (Lipinski definition) is 1. The summed E-state index contributed by atoms with van der Waals surface area (Å²) in [6, 6.07) is 1.81. The minimum absolute atomic E-state index is 0.0759. The molecule has 0 atom stereocenters. The Kier molecular flexibility index (Phi) is 5.45. The highest BCUT2D eigenvalue weighted by Crippen LogP contribution is 2.16. The Bertz CT molecular complexity index is 688. The van der Waals surface area contributed by atoms with E-state index in [-0.39, 0.29) is 5.91 Å². The van der Waals surface area contributed by atoms with Crippen LogP contribution in [0.2, 0.25) is 0 Å². The van der Waals surface area contributed by atoms with Crippen molar-refractivity contribution in [1.29, 1.82) is 0 Å². The maximum absolute atomic E-state index is 12.4. The van der Waals surface area contributed by atoms with E-state index in [4.69, 9.17) is 0 Å². The molecule has 3 rings (SSSR count). The average Bonchev–Trinajstić information content (AvgIpc) is 2.92. The number of aromatic nitrogens is 3. The molecule has 2 aromatic rings. The van der Waals surface area contributed by atoms with Crippen molar-refractivity contribution < 1.29 is 4.79 Å². The second kappa shape index (κ2) is 7.75. The highest BCUT2D eigenvalue weighted by molar-refractivity contribution is 6.00. The number of rotatable bonds is 6. The Labute approximate surface area is 143 Å². The Hall–Kier alpha value is -1.95. The van der Waals surface area contributed by atoms with E-state index >= 15 is 0 Å². The Balaban J connectivity index is 1.43. The van der Waals surface area contributed by atoms with Crippen LogP contribution in [0.5, 0.6) is 0 Å². The summed E-state index contributed by atoms with van der Waals surface area (Å²) in [5, 5.41) is 7.34. The topological polar surface area (TPSA) is 62.5 Å². The number of aryl methyl sites for hydroxylation is 1. The van der Waals surface area contributed by atoms with Crippen LogP contribution < -0.4 is 5.32 Å². The first-order valence-corrected chi connectivity index (χ1v) is 8.95. The van der Waals surface area contributed by atoms with Crippen LogP contribution in [-0.4, -0.2) is 51.6 Å². The van der Waals surface area contributed by atoms with E-state index in [1.807, 2.05) is 19.2 Å². The summed E-state index contributed by atoms with van der Waals surface area (Å²) in [7, 11) is 0. The van der Waals surface area contributed by atoms with Gasteiger partial charge in [0.1, 0.15) is 5.56 Å². The molecule has 6 nitrogen and oxygen atoms in total. The summed E-state index contributed by atoms with van der Waals surface area (Å²) in [6.07, 6.45) is 8.26. The van der Waals surface area contributed by atoms with E-state index in [1.54, 1.807) is 10.7 Å². The minimum Gasteiger partial charge on any atom is -0.352 e. The molecule has 0 bridgehead atoms. The normalized spacial score (nSPS) is 16.6. The van der Waals surface area contributed by atoms with Crippen molar-refractivity contribution in [3.05, 3.63) is 29.7 Å². The zero-order valence-electron chi connectivity index (χ0n) is 14.7. The number of nitrogens with zero attached hydrogens (tertiary/aromatic N) is 4. The molecule has 2 aromatic heterocycles. The van der Waals surface area contributed by atoms with Crippen LogP contribution >= 0.6 is 0 Å². The molecule has 1 amide bonds. The SMILES string of the molecule is Cc1nn2cccnc2c1C(=O)NCCCCN1CCC(C)CC1. The highest BCUT2D eigenvalue weighted by Gasteiger charge is 2.18. The molecule has 1 saturated heterocycles. The number of piperidine rings is 1. The molecular formula is C18H27N5O. The van der Waals surface area contributed by atoms with E-state index in [9.17, 15) is 4.79 Å². The quantitative estimate of drug-likeness (QED) is 0.826. The standard InChI is InChI=1S/C18H27N5O/c1-14-6-12-22(13-7-14)10-4-3-8-20-18(24)16-15(2)21-23-11-5-9-19-17(16)23/h5,9,11,14H,3-4,6-8,10,12-13H2,1-2H3,(H,20,24). The number of carbonyl (C=O) groups is 1. The number of amides is 1. The van der Waals surface area contributed by atoms with Gasteiger partial charge in [0.05, 0.1) is 5.69 Å². The number of hydrogen-bond acceptors (Lipinski definition) is 4. The lowest BCUT2D eigenvalue weighted by Crippen LogP contribution is -2.34. The molecule has 24 heavy (non-hydrogen) atoms. The highest BCUT2D eigenvalue weighted by atomic mass is 16.1. The fraction of sp³-hybridized carbons (Fsp3) is 0.611. The number of likely N-dealkylation sites (tertiary alicyclic amines) is 1. The van der Waals surface area contributed by atoms with Crippen LogP contribution in [-0.2, 0) is 0 Å². The fourth-order valence-electron chi connectivity index (χ4n) is 3.30. The smallest absolute Gasteiger partial charge is 0.257 e. The zero-order valence-corrected chi connectivity index (χ0v) is 14.7. The van der Waals surface area contributed by atoms with E-state index < -0.39 is 0 Å². The zero-order chi connectivity index (χ0) is 16.9. The van der Waals surface area contributed by atoms with Crippen molar-refractivity contribution in [3.8, 4) is 0 Å². The molecule has 1 aliphatic rings. The molecule has 1 N–H and O–H groups in total. The van der Waals surface area contributed by atoms with Crippen molar-refractivity contribution in [2.24, 2.45) is 5.92 Å². The predicted octanol–water partition coefficient (Wildman–Crippen LogP) is 2.28. The van der Waals surface area contributed by atoms with Gasteiger partial charge in [-0.1, -0.05) is 6.92 Å². The first-order chi connectivity index (χ1) is 11.6. The van der Waals surface area contributed by atoms with Gasteiger partial charge in [-0.05, 0) is 64.2 Å². The molecule has 0 unspecified atom stereocenters. The number of fused-ring (bicyclic) bond motifs is 1. The summed E-state index contributed by atoms with van der Waals surface area (Å²) in [6.45, 7) is 8.47. The van der Waals surface area contributed by atoms with Crippen molar-refractivity contribution in [3.63, 3.8) is 0 Å². The van der Waals surface area contributed by atoms with Crippen molar-refractivity contribution in [2.75, 3.05) is 26.2 Å². The van der Waals surface area contributed by atoms with Gasteiger partial charge in [-0.3, -0.25) is 4.79 Å². The molecule has 0 aromatic carbocycles. The summed E-state index contributed by atoms with van der Waals surface area (Å²) >= 11 is 0. The third kappa shape index (κ3) is 3.93. The lowest BCUT2D eigenvalue weighted by atomic mass is 9.99. The van der Waals surface area contributed by atoms with Crippen LogP contribution in [0, 0.1) is 12.8 Å². The Morgan fingerprint density at radius 1 is 1.33 bits per heavy atom. The van der Waals surface area contributed by atoms with Crippen LogP contribution in [0.15, 0.2) is 18.5 Å². The van der Waals surface area contributed by atoms with Gasteiger partial charge >= 0.3 is 0 Å². The molecule has 0 saturated carbocycles. The Morgan fingerprint density at radius 3 is 2.92 bits per heavy atom. The predicted molar refractivity (Wildman–Crippen MR) is 94.1 cm³/mol. The third-order valence-electron chi connectivity index (χ3n) is 4.86. The van der Waals surface area contributed by atoms with Crippen LogP contribution in [0.1, 0.15) is 48.7 Å². The summed E-state index contributed by atoms with van der Waals surface area (Å²) in [5.74, 6) is 0.802. The molecule has 0 aliphatic carbocycles. The monoisotopic (exact) mass is 329 g/mol. The number of carbonyl (C=O) groups excluding carboxylic acids is 1. The Morgan fingerprint density at radius 2 is 2.12 bits per heavy atom. The lowest BCUT2D eigenvalue weighted by Gasteiger charge is -2.30. The molecule has 130 valence electrons. The first-order valence-electron chi connectivity index (χ1n) is 8.95. The summed E-state index contributed by atoms with van der Waals surface area (Å²) < 4.78 is 1.65. The van der Waals surface area contributed by atoms with E-state index in [0.29, 0.717) is 23.4 Å². The first kappa shape index (κ1) is 16.9. The molecule has 0 spiro atoms. The van der Waals surface area contributed by atoms with Gasteiger partial charge < -0.3 is 10.2 Å². The van der Waals surface area contributed by atoms with Gasteiger partial charge in [0.25, 0.3) is 5.91 Å². The number of unbranched alkanes of at least 4 members (excludes halogenated alkanes) is 1. The van der Waals surface area contributed by atoms with Crippen molar-refractivity contribution in [1.82, 2.24) is 24.8 Å². The lowest BCUT2D eigenvalue weighted by molar-refractivity contribution is 0.0953. The van der Waals surface area contributed by atoms with Gasteiger partial charge in [0.2, 0.25) is 0 Å². The second-order valence-corrected chi connectivity index (χ2v) is 6.84. The molecule has 1 aliphatic heterocycles. The summed E-state index contributed by atoms with van der Waals surface area (Å²) in [5.41, 5.74) is 1.92. The van der Waals surface area contributed by atoms with Crippen molar-refractivity contribution in [2.45, 2.75) is 39.5 Å². The molecular weight excluding hydrogens is 302 g/mol. The molecule has 0 radical (unpaired) electrons. The van der Waals surface area contributed by atoms with Gasteiger partial charge in [-0.25, -0.2) is 9.50 Å². The van der Waals surface area contributed by atoms with Crippen LogP contribution in [0.25, 0.3) is 5.65 Å². The van der Waals surface area contributed by atoms with Gasteiger partial charge in [0, 0.05) is 18.9 Å². The largest absolute Gasteiger partial charge is 0.352 e. The van der Waals surface area contributed by atoms with E-state index in [0.717, 1.165) is 25.3 Å². The van der Waals surface area contributed by atoms with E-state index in [2.05, 4.69) is 27.2 Å². The maximum atomic E-state index is 12.4. The molecule has 1 fully saturated rings. The fourth-order valence-corrected chi connectivity index (χ4v) is 3.30. The number of nitrogens with one attached hydrogen (secondary N) is 1. The van der Waals surface area contributed by atoms with Crippen LogP contribution in [0.3, 0.4) is 0 Å². The second-order valence-electron chi connectivity index (χ2n) is 6.84. The average molecular weight is 329 g/mol. The van der Waals surface area contributed by atoms with Crippen LogP contribution in [0.4, 0.5) is 0 Å². The van der Waals surface area contributed by atoms with Gasteiger partial charge in [-0.15, -0.1) is 0 Å². The third-order valence-corrected chi connectivity index (χ3v) is 4.86. The van der Waals surface area contributed by atoms with Crippen molar-refractivity contribution >= 4 is 11.6 Å². The summed E-state index contributed by atoms with van der Waals surface area (Å²) in [4.78, 5) is 19.2. The van der Waals surface area contributed by atoms with Gasteiger partial charge in [-0.2, -0.15) is 5.10 Å². The van der Waals surface area contributed by atoms with Gasteiger partial charge in [0.15, 0.2) is 5.65 Å². The minimum atomic E-state index is -0.0759. The molecule has 3 heterocycles.